The summed E-state index contributed by atoms with van der Waals surface area (Å²) in [7, 11) is 0. The summed E-state index contributed by atoms with van der Waals surface area (Å²) in [5.74, 6) is 0.661. The van der Waals surface area contributed by atoms with Crippen LogP contribution in [0.4, 0.5) is 0 Å². The number of amides is 1. The average molecular weight is 321 g/mol. The highest BCUT2D eigenvalue weighted by molar-refractivity contribution is 5.95. The Bertz CT molecular complexity index is 628. The van der Waals surface area contributed by atoms with Gasteiger partial charge in [0.15, 0.2) is 0 Å². The van der Waals surface area contributed by atoms with E-state index in [1.807, 2.05) is 30.0 Å². The van der Waals surface area contributed by atoms with Crippen molar-refractivity contribution in [2.24, 2.45) is 11.7 Å². The lowest BCUT2D eigenvalue weighted by Crippen LogP contribution is -2.30. The first kappa shape index (κ1) is 16.5. The van der Waals surface area contributed by atoms with Gasteiger partial charge in [-0.25, -0.2) is 0 Å². The van der Waals surface area contributed by atoms with Crippen molar-refractivity contribution in [1.82, 2.24) is 15.1 Å². The fourth-order valence-electron chi connectivity index (χ4n) is 3.09. The Kier molecular flexibility index (Phi) is 5.21. The van der Waals surface area contributed by atoms with Gasteiger partial charge in [-0.3, -0.25) is 9.89 Å². The Hall–Kier alpha value is -1.85. The average Bonchev–Trinajstić information content (AvgIpc) is 3.13. The molecule has 0 radical (unpaired) electrons. The van der Waals surface area contributed by atoms with Crippen LogP contribution in [-0.4, -0.2) is 40.6 Å². The summed E-state index contributed by atoms with van der Waals surface area (Å²) >= 11 is 0. The van der Waals surface area contributed by atoms with Gasteiger partial charge < -0.3 is 10.6 Å². The maximum Gasteiger partial charge on any atom is 0.257 e. The predicted molar refractivity (Wildman–Crippen MR) is 88.2 cm³/mol. The number of hydrogen-bond acceptors (Lipinski definition) is 3. The van der Waals surface area contributed by atoms with Crippen molar-refractivity contribution in [3.8, 4) is 0 Å². The number of nitrogens with zero attached hydrogens (tertiary/aromatic N) is 2. The molecular weight excluding hydrogens is 300 g/mol. The highest BCUT2D eigenvalue weighted by Crippen LogP contribution is 2.32. The fourth-order valence-corrected chi connectivity index (χ4v) is 3.09. The summed E-state index contributed by atoms with van der Waals surface area (Å²) in [5.41, 5.74) is 8.64. The molecule has 0 aliphatic carbocycles. The van der Waals surface area contributed by atoms with Crippen molar-refractivity contribution in [2.45, 2.75) is 12.8 Å². The Morgan fingerprint density at radius 2 is 2.09 bits per heavy atom. The van der Waals surface area contributed by atoms with Crippen LogP contribution in [0.5, 0.6) is 0 Å². The molecule has 1 aliphatic rings. The molecule has 2 atom stereocenters. The second-order valence-electron chi connectivity index (χ2n) is 5.63. The number of H-pyrrole nitrogens is 1. The zero-order chi connectivity index (χ0) is 14.8. The van der Waals surface area contributed by atoms with Crippen molar-refractivity contribution in [1.29, 1.82) is 0 Å². The Morgan fingerprint density at radius 1 is 1.36 bits per heavy atom. The molecule has 5 nitrogen and oxygen atoms in total. The molecule has 1 aromatic carbocycles. The van der Waals surface area contributed by atoms with Gasteiger partial charge in [0.2, 0.25) is 0 Å². The number of hydrogen-bond donors (Lipinski definition) is 2. The SMILES string of the molecule is Cc1[nH]ncc1C(=O)N1C[C@@H](CN)[C@H](c2ccccc2)C1.Cl. The molecule has 1 fully saturated rings. The molecule has 1 saturated heterocycles. The molecule has 0 spiro atoms. The number of aromatic nitrogens is 2. The molecule has 2 heterocycles. The van der Waals surface area contributed by atoms with Crippen LogP contribution < -0.4 is 5.73 Å². The van der Waals surface area contributed by atoms with Gasteiger partial charge in [0.25, 0.3) is 5.91 Å². The molecule has 6 heteroatoms. The van der Waals surface area contributed by atoms with Gasteiger partial charge in [-0.2, -0.15) is 5.10 Å². The number of aromatic amines is 1. The van der Waals surface area contributed by atoms with Gasteiger partial charge in [-0.05, 0) is 24.9 Å². The van der Waals surface area contributed by atoms with E-state index in [9.17, 15) is 4.79 Å². The summed E-state index contributed by atoms with van der Waals surface area (Å²) in [4.78, 5) is 14.5. The second-order valence-corrected chi connectivity index (χ2v) is 5.63. The molecule has 0 saturated carbocycles. The zero-order valence-corrected chi connectivity index (χ0v) is 13.3. The fraction of sp³-hybridized carbons (Fsp3) is 0.375. The van der Waals surface area contributed by atoms with Crippen LogP contribution in [0.15, 0.2) is 36.5 Å². The smallest absolute Gasteiger partial charge is 0.257 e. The van der Waals surface area contributed by atoms with Crippen molar-refractivity contribution in [2.75, 3.05) is 19.6 Å². The number of benzene rings is 1. The van der Waals surface area contributed by atoms with Gasteiger partial charge in [0, 0.05) is 24.7 Å². The van der Waals surface area contributed by atoms with E-state index in [0.29, 0.717) is 30.5 Å². The van der Waals surface area contributed by atoms with E-state index in [1.165, 1.54) is 5.56 Å². The lowest BCUT2D eigenvalue weighted by Gasteiger charge is -2.16. The van der Waals surface area contributed by atoms with Crippen molar-refractivity contribution in [3.63, 3.8) is 0 Å². The van der Waals surface area contributed by atoms with Crippen LogP contribution in [-0.2, 0) is 0 Å². The van der Waals surface area contributed by atoms with Gasteiger partial charge >= 0.3 is 0 Å². The number of rotatable bonds is 3. The monoisotopic (exact) mass is 320 g/mol. The van der Waals surface area contributed by atoms with Crippen LogP contribution in [0.3, 0.4) is 0 Å². The van der Waals surface area contributed by atoms with Crippen LogP contribution in [0.25, 0.3) is 0 Å². The molecule has 22 heavy (non-hydrogen) atoms. The Morgan fingerprint density at radius 3 is 2.68 bits per heavy atom. The van der Waals surface area contributed by atoms with Crippen molar-refractivity contribution < 1.29 is 4.79 Å². The number of carbonyl (C=O) groups is 1. The molecular formula is C16H21ClN4O. The highest BCUT2D eigenvalue weighted by Gasteiger charge is 2.36. The van der Waals surface area contributed by atoms with Gasteiger partial charge in [0.1, 0.15) is 0 Å². The van der Waals surface area contributed by atoms with Gasteiger partial charge in [-0.1, -0.05) is 30.3 Å². The first-order valence-electron chi connectivity index (χ1n) is 7.25. The zero-order valence-electron chi connectivity index (χ0n) is 12.5. The first-order chi connectivity index (χ1) is 10.2. The van der Waals surface area contributed by atoms with E-state index < -0.39 is 0 Å². The van der Waals surface area contributed by atoms with Gasteiger partial charge in [-0.15, -0.1) is 12.4 Å². The highest BCUT2D eigenvalue weighted by atomic mass is 35.5. The van der Waals surface area contributed by atoms with Crippen LogP contribution in [0.2, 0.25) is 0 Å². The maximum absolute atomic E-state index is 12.6. The van der Waals surface area contributed by atoms with Crippen molar-refractivity contribution in [3.05, 3.63) is 53.3 Å². The quantitative estimate of drug-likeness (QED) is 0.907. The van der Waals surface area contributed by atoms with E-state index in [-0.39, 0.29) is 18.3 Å². The first-order valence-corrected chi connectivity index (χ1v) is 7.25. The largest absolute Gasteiger partial charge is 0.338 e. The lowest BCUT2D eigenvalue weighted by atomic mass is 9.89. The summed E-state index contributed by atoms with van der Waals surface area (Å²) in [6.45, 7) is 3.88. The molecule has 3 rings (SSSR count). The minimum absolute atomic E-state index is 0. The maximum atomic E-state index is 12.6. The number of halogens is 1. The third-order valence-corrected chi connectivity index (χ3v) is 4.32. The number of nitrogens with one attached hydrogen (secondary N) is 1. The predicted octanol–water partition coefficient (Wildman–Crippen LogP) is 1.95. The lowest BCUT2D eigenvalue weighted by molar-refractivity contribution is 0.0786. The third-order valence-electron chi connectivity index (χ3n) is 4.32. The Labute approximate surface area is 136 Å². The Balaban J connectivity index is 0.00000176. The number of likely N-dealkylation sites (tertiary alicyclic amines) is 1. The van der Waals surface area contributed by atoms with E-state index in [2.05, 4.69) is 22.3 Å². The summed E-state index contributed by atoms with van der Waals surface area (Å²) in [5, 5.41) is 6.75. The van der Waals surface area contributed by atoms with Crippen molar-refractivity contribution >= 4 is 18.3 Å². The standard InChI is InChI=1S/C16H20N4O.ClH/c1-11-14(8-18-19-11)16(21)20-9-13(7-17)15(10-20)12-5-3-2-4-6-12;/h2-6,8,13,15H,7,9-10,17H2,1H3,(H,18,19);1H/t13-,15+;/m1./s1. The van der Waals surface area contributed by atoms with Crippen LogP contribution >= 0.6 is 12.4 Å². The minimum Gasteiger partial charge on any atom is -0.338 e. The summed E-state index contributed by atoms with van der Waals surface area (Å²) in [6, 6.07) is 10.3. The number of nitrogens with two attached hydrogens (primary N) is 1. The minimum atomic E-state index is 0. The molecule has 2 aromatic rings. The molecule has 1 aromatic heterocycles. The molecule has 118 valence electrons. The van der Waals surface area contributed by atoms with E-state index >= 15 is 0 Å². The second kappa shape index (κ2) is 6.94. The molecule has 3 N–H and O–H groups in total. The normalized spacial score (nSPS) is 20.7. The topological polar surface area (TPSA) is 75.0 Å². The van der Waals surface area contributed by atoms with E-state index in [0.717, 1.165) is 12.2 Å². The van der Waals surface area contributed by atoms with Crippen LogP contribution in [0.1, 0.15) is 27.5 Å². The van der Waals surface area contributed by atoms with E-state index in [4.69, 9.17) is 5.73 Å². The molecule has 1 aliphatic heterocycles. The van der Waals surface area contributed by atoms with E-state index in [1.54, 1.807) is 6.20 Å². The molecule has 1 amide bonds. The van der Waals surface area contributed by atoms with Gasteiger partial charge in [0.05, 0.1) is 11.8 Å². The summed E-state index contributed by atoms with van der Waals surface area (Å²) < 4.78 is 0. The number of aryl methyl sites for hydroxylation is 1. The summed E-state index contributed by atoms with van der Waals surface area (Å²) in [6.07, 6.45) is 1.60. The molecule has 0 unspecified atom stereocenters. The number of carbonyl (C=O) groups excluding carboxylic acids is 1. The molecule has 0 bridgehead atoms. The third kappa shape index (κ3) is 3.00. The van der Waals surface area contributed by atoms with Crippen LogP contribution in [0, 0.1) is 12.8 Å².